The number of nitrogen functional groups attached to an aromatic ring is 1. The van der Waals surface area contributed by atoms with Crippen molar-refractivity contribution in [1.29, 1.82) is 0 Å². The largest absolute Gasteiger partial charge is 0.467 e. The number of halogens is 2. The van der Waals surface area contributed by atoms with Gasteiger partial charge in [0.2, 0.25) is 5.91 Å². The number of amides is 1. The number of nitrogens with two attached hydrogens (primary N) is 1. The van der Waals surface area contributed by atoms with Gasteiger partial charge in [-0.3, -0.25) is 9.59 Å². The Labute approximate surface area is 144 Å². The van der Waals surface area contributed by atoms with Crippen LogP contribution >= 0.6 is 38.5 Å². The molecule has 114 valence electrons. The van der Waals surface area contributed by atoms with Crippen molar-refractivity contribution in [2.75, 3.05) is 12.8 Å². The number of esters is 1. The van der Waals surface area contributed by atoms with E-state index in [0.717, 1.165) is 3.57 Å². The highest BCUT2D eigenvalue weighted by Crippen LogP contribution is 2.27. The molecule has 1 amide bonds. The summed E-state index contributed by atoms with van der Waals surface area (Å²) in [5, 5.41) is 2.39. The molecule has 0 aromatic heterocycles. The fourth-order valence-corrected chi connectivity index (χ4v) is 3.20. The fourth-order valence-electron chi connectivity index (χ4n) is 1.69. The van der Waals surface area contributed by atoms with Gasteiger partial charge in [0.15, 0.2) is 5.78 Å². The van der Waals surface area contributed by atoms with Crippen LogP contribution in [0.3, 0.4) is 0 Å². The highest BCUT2D eigenvalue weighted by atomic mass is 127. The first-order valence-corrected chi connectivity index (χ1v) is 7.76. The van der Waals surface area contributed by atoms with E-state index in [9.17, 15) is 14.4 Å². The van der Waals surface area contributed by atoms with Crippen molar-refractivity contribution in [3.63, 3.8) is 0 Å². The first-order valence-electron chi connectivity index (χ1n) is 5.89. The third-order valence-corrected chi connectivity index (χ3v) is 3.93. The molecule has 0 aliphatic carbocycles. The topological polar surface area (TPSA) is 98.5 Å². The lowest BCUT2D eigenvalue weighted by Gasteiger charge is -2.15. The molecule has 0 unspecified atom stereocenters. The standard InChI is InChI=1S/C13H14BrIN2O4/c1-6(18)17-10(13(20)21-2)5-11(19)8-3-7(15)4-9(14)12(8)16/h3-4,10H,5,16H2,1-2H3,(H,17,18)/t10-/m0/s1. The van der Waals surface area contributed by atoms with Crippen molar-refractivity contribution in [3.05, 3.63) is 25.7 Å². The minimum atomic E-state index is -1.03. The fraction of sp³-hybridized carbons (Fsp3) is 0.308. The van der Waals surface area contributed by atoms with Gasteiger partial charge in [-0.1, -0.05) is 0 Å². The molecule has 0 aliphatic rings. The number of carbonyl (C=O) groups is 3. The number of ether oxygens (including phenoxy) is 1. The van der Waals surface area contributed by atoms with Crippen molar-refractivity contribution in [3.8, 4) is 0 Å². The molecule has 21 heavy (non-hydrogen) atoms. The number of rotatable bonds is 5. The lowest BCUT2D eigenvalue weighted by atomic mass is 10.0. The second-order valence-corrected chi connectivity index (χ2v) is 6.35. The lowest BCUT2D eigenvalue weighted by Crippen LogP contribution is -2.42. The van der Waals surface area contributed by atoms with E-state index in [4.69, 9.17) is 5.73 Å². The van der Waals surface area contributed by atoms with E-state index < -0.39 is 17.9 Å². The molecular weight excluding hydrogens is 455 g/mol. The van der Waals surface area contributed by atoms with Crippen LogP contribution in [-0.2, 0) is 14.3 Å². The van der Waals surface area contributed by atoms with Gasteiger partial charge < -0.3 is 15.8 Å². The minimum Gasteiger partial charge on any atom is -0.467 e. The zero-order chi connectivity index (χ0) is 16.2. The Kier molecular flexibility index (Phi) is 6.59. The van der Waals surface area contributed by atoms with Crippen LogP contribution in [0.4, 0.5) is 5.69 Å². The van der Waals surface area contributed by atoms with Crippen LogP contribution in [0.1, 0.15) is 23.7 Å². The number of ketones is 1. The first-order chi connectivity index (χ1) is 9.76. The SMILES string of the molecule is COC(=O)[C@H](CC(=O)c1cc(I)cc(Br)c1N)NC(C)=O. The summed E-state index contributed by atoms with van der Waals surface area (Å²) in [6.45, 7) is 1.26. The van der Waals surface area contributed by atoms with Crippen LogP contribution in [0, 0.1) is 3.57 Å². The maximum absolute atomic E-state index is 12.3. The Bertz CT molecular complexity index is 592. The Morgan fingerprint density at radius 2 is 2.05 bits per heavy atom. The number of anilines is 1. The second kappa shape index (κ2) is 7.74. The molecule has 1 atom stereocenters. The van der Waals surface area contributed by atoms with Crippen molar-refractivity contribution in [2.45, 2.75) is 19.4 Å². The summed E-state index contributed by atoms with van der Waals surface area (Å²) in [7, 11) is 1.19. The number of hydrogen-bond donors (Lipinski definition) is 2. The normalized spacial score (nSPS) is 11.6. The third-order valence-electron chi connectivity index (χ3n) is 2.65. The number of hydrogen-bond acceptors (Lipinski definition) is 5. The monoisotopic (exact) mass is 468 g/mol. The molecule has 1 aromatic carbocycles. The molecule has 6 nitrogen and oxygen atoms in total. The van der Waals surface area contributed by atoms with Gasteiger partial charge in [-0.25, -0.2) is 4.79 Å². The van der Waals surface area contributed by atoms with Crippen LogP contribution < -0.4 is 11.1 Å². The van der Waals surface area contributed by atoms with E-state index in [-0.39, 0.29) is 12.2 Å². The maximum Gasteiger partial charge on any atom is 0.328 e. The number of carbonyl (C=O) groups excluding carboxylic acids is 3. The average Bonchev–Trinajstić information content (AvgIpc) is 2.40. The van der Waals surface area contributed by atoms with Gasteiger partial charge in [0.1, 0.15) is 6.04 Å². The van der Waals surface area contributed by atoms with E-state index in [1.165, 1.54) is 14.0 Å². The van der Waals surface area contributed by atoms with Gasteiger partial charge in [-0.05, 0) is 50.7 Å². The lowest BCUT2D eigenvalue weighted by molar-refractivity contribution is -0.144. The van der Waals surface area contributed by atoms with Gasteiger partial charge >= 0.3 is 5.97 Å². The Balaban J connectivity index is 3.02. The van der Waals surface area contributed by atoms with E-state index >= 15 is 0 Å². The Morgan fingerprint density at radius 3 is 2.57 bits per heavy atom. The van der Waals surface area contributed by atoms with Gasteiger partial charge in [0.05, 0.1) is 12.8 Å². The molecule has 8 heteroatoms. The first kappa shape index (κ1) is 17.9. The van der Waals surface area contributed by atoms with E-state index in [1.54, 1.807) is 12.1 Å². The summed E-state index contributed by atoms with van der Waals surface area (Å²) in [6, 6.07) is 2.37. The molecule has 0 radical (unpaired) electrons. The molecule has 1 aromatic rings. The van der Waals surface area contributed by atoms with Gasteiger partial charge in [0, 0.05) is 27.0 Å². The zero-order valence-electron chi connectivity index (χ0n) is 11.4. The van der Waals surface area contributed by atoms with Gasteiger partial charge in [-0.15, -0.1) is 0 Å². The molecule has 0 aliphatic heterocycles. The molecule has 0 fully saturated rings. The number of methoxy groups -OCH3 is 1. The summed E-state index contributed by atoms with van der Waals surface area (Å²) in [5.74, 6) is -1.45. The van der Waals surface area contributed by atoms with Crippen LogP contribution in [0.15, 0.2) is 16.6 Å². The number of benzene rings is 1. The molecule has 0 saturated heterocycles. The van der Waals surface area contributed by atoms with E-state index in [0.29, 0.717) is 15.7 Å². The zero-order valence-corrected chi connectivity index (χ0v) is 15.1. The third kappa shape index (κ3) is 4.95. The summed E-state index contributed by atoms with van der Waals surface area (Å²) in [4.78, 5) is 35.0. The Hall–Kier alpha value is -1.16. The summed E-state index contributed by atoms with van der Waals surface area (Å²) in [6.07, 6.45) is -0.219. The second-order valence-electron chi connectivity index (χ2n) is 4.25. The molecule has 3 N–H and O–H groups in total. The molecule has 0 heterocycles. The predicted octanol–water partition coefficient (Wildman–Crippen LogP) is 1.89. The van der Waals surface area contributed by atoms with Crippen LogP contribution in [-0.4, -0.2) is 30.8 Å². The van der Waals surface area contributed by atoms with E-state index in [2.05, 4.69) is 48.6 Å². The van der Waals surface area contributed by atoms with Crippen LogP contribution in [0.25, 0.3) is 0 Å². The number of Topliss-reactive ketones (excluding diaryl/α,β-unsaturated/α-hetero) is 1. The molecule has 0 saturated carbocycles. The smallest absolute Gasteiger partial charge is 0.328 e. The molecular formula is C13H14BrIN2O4. The minimum absolute atomic E-state index is 0.219. The van der Waals surface area contributed by atoms with Crippen molar-refractivity contribution < 1.29 is 19.1 Å². The average molecular weight is 469 g/mol. The molecule has 0 spiro atoms. The molecule has 0 bridgehead atoms. The highest BCUT2D eigenvalue weighted by Gasteiger charge is 2.25. The van der Waals surface area contributed by atoms with Crippen molar-refractivity contribution in [2.24, 2.45) is 0 Å². The summed E-state index contributed by atoms with van der Waals surface area (Å²) in [5.41, 5.74) is 6.46. The molecule has 1 rings (SSSR count). The quantitative estimate of drug-likeness (QED) is 0.297. The van der Waals surface area contributed by atoms with Gasteiger partial charge in [0.25, 0.3) is 0 Å². The maximum atomic E-state index is 12.3. The summed E-state index contributed by atoms with van der Waals surface area (Å²) >= 11 is 5.33. The Morgan fingerprint density at radius 1 is 1.43 bits per heavy atom. The van der Waals surface area contributed by atoms with E-state index in [1.807, 2.05) is 0 Å². The highest BCUT2D eigenvalue weighted by molar-refractivity contribution is 14.1. The van der Waals surface area contributed by atoms with Crippen LogP contribution in [0.5, 0.6) is 0 Å². The van der Waals surface area contributed by atoms with Crippen molar-refractivity contribution in [1.82, 2.24) is 5.32 Å². The number of nitrogens with one attached hydrogen (secondary N) is 1. The van der Waals surface area contributed by atoms with Crippen molar-refractivity contribution >= 4 is 61.9 Å². The predicted molar refractivity (Wildman–Crippen MR) is 89.8 cm³/mol. The van der Waals surface area contributed by atoms with Gasteiger partial charge in [-0.2, -0.15) is 0 Å². The summed E-state index contributed by atoms with van der Waals surface area (Å²) < 4.78 is 6.01. The van der Waals surface area contributed by atoms with Crippen LogP contribution in [0.2, 0.25) is 0 Å².